The largest absolute Gasteiger partial charge is 0.476 e. The van der Waals surface area contributed by atoms with Crippen LogP contribution in [0.4, 0.5) is 5.82 Å². The molecular formula is C29H39N7O2S. The first-order valence-corrected chi connectivity index (χ1v) is 14.9. The fraction of sp³-hybridized carbons (Fsp3) is 0.586. The van der Waals surface area contributed by atoms with Crippen LogP contribution in [-0.4, -0.2) is 49.1 Å². The number of anilines is 1. The molecule has 0 spiro atoms. The Hall–Kier alpha value is -3.01. The normalized spacial score (nSPS) is 25.4. The maximum atomic E-state index is 13.5. The minimum atomic E-state index is -0.177. The molecule has 208 valence electrons. The summed E-state index contributed by atoms with van der Waals surface area (Å²) in [5, 5.41) is 9.06. The highest BCUT2D eigenvalue weighted by Gasteiger charge is 2.42. The van der Waals surface area contributed by atoms with E-state index in [0.29, 0.717) is 34.9 Å². The van der Waals surface area contributed by atoms with E-state index < -0.39 is 0 Å². The molecule has 0 aromatic carbocycles. The summed E-state index contributed by atoms with van der Waals surface area (Å²) in [6, 6.07) is 5.63. The predicted octanol–water partition coefficient (Wildman–Crippen LogP) is 5.19. The molecule has 2 aliphatic carbocycles. The first-order chi connectivity index (χ1) is 18.7. The third-order valence-corrected chi connectivity index (χ3v) is 9.81. The van der Waals surface area contributed by atoms with Crippen LogP contribution in [0.25, 0.3) is 5.82 Å². The van der Waals surface area contributed by atoms with Gasteiger partial charge in [-0.1, -0.05) is 6.92 Å². The standard InChI is InChI=1S/C29H39N7O2S/c1-18-14-29(3,4)35(15-18)27-22(28(37)33-39-24-16-34(5)31-19(24)2)10-11-25(30-27)36-13-12-26(32-36)38-17-23-20-6-7-21(23)9-8-20/h10-13,16,18,20-21,23H,6-9,14-15,17H2,1-5H3,(H,33,37). The van der Waals surface area contributed by atoms with Crippen molar-refractivity contribution in [2.24, 2.45) is 30.7 Å². The van der Waals surface area contributed by atoms with Crippen molar-refractivity contribution in [3.8, 4) is 11.7 Å². The Kier molecular flexibility index (Phi) is 6.85. The lowest BCUT2D eigenvalue weighted by molar-refractivity contribution is 0.0984. The maximum Gasteiger partial charge on any atom is 0.265 e. The quantitative estimate of drug-likeness (QED) is 0.387. The lowest BCUT2D eigenvalue weighted by Crippen LogP contribution is -2.40. The van der Waals surface area contributed by atoms with E-state index in [2.05, 4.69) is 35.5 Å². The molecule has 0 radical (unpaired) electrons. The Morgan fingerprint density at radius 3 is 2.54 bits per heavy atom. The molecule has 3 aromatic heterocycles. The Balaban J connectivity index is 1.24. The van der Waals surface area contributed by atoms with E-state index in [9.17, 15) is 4.79 Å². The van der Waals surface area contributed by atoms with Crippen molar-refractivity contribution in [1.82, 2.24) is 29.3 Å². The minimum Gasteiger partial charge on any atom is -0.476 e. The third-order valence-electron chi connectivity index (χ3n) is 8.91. The van der Waals surface area contributed by atoms with E-state index >= 15 is 0 Å². The van der Waals surface area contributed by atoms with Crippen LogP contribution in [0.15, 0.2) is 35.5 Å². The molecule has 1 N–H and O–H groups in total. The number of aromatic nitrogens is 5. The summed E-state index contributed by atoms with van der Waals surface area (Å²) in [6.07, 6.45) is 10.2. The van der Waals surface area contributed by atoms with Gasteiger partial charge < -0.3 is 9.64 Å². The molecule has 1 saturated heterocycles. The second kappa shape index (κ2) is 10.2. The monoisotopic (exact) mass is 549 g/mol. The van der Waals surface area contributed by atoms with E-state index in [1.807, 2.05) is 44.6 Å². The zero-order valence-electron chi connectivity index (χ0n) is 23.6. The Labute approximate surface area is 234 Å². The lowest BCUT2D eigenvalue weighted by Gasteiger charge is -2.34. The number of rotatable bonds is 8. The highest BCUT2D eigenvalue weighted by Crippen LogP contribution is 2.49. The van der Waals surface area contributed by atoms with E-state index in [1.165, 1.54) is 37.6 Å². The molecule has 1 unspecified atom stereocenters. The minimum absolute atomic E-state index is 0.119. The van der Waals surface area contributed by atoms with Gasteiger partial charge in [0.15, 0.2) is 5.82 Å². The number of nitrogens with one attached hydrogen (secondary N) is 1. The van der Waals surface area contributed by atoms with Gasteiger partial charge in [0.2, 0.25) is 5.88 Å². The van der Waals surface area contributed by atoms with Gasteiger partial charge in [0.1, 0.15) is 5.82 Å². The number of amides is 1. The summed E-state index contributed by atoms with van der Waals surface area (Å²) in [5.74, 6) is 4.63. The van der Waals surface area contributed by atoms with Crippen LogP contribution in [0.3, 0.4) is 0 Å². The zero-order valence-corrected chi connectivity index (χ0v) is 24.4. The number of hydrogen-bond acceptors (Lipinski definition) is 7. The van der Waals surface area contributed by atoms with Gasteiger partial charge in [-0.3, -0.25) is 14.2 Å². The van der Waals surface area contributed by atoms with Gasteiger partial charge in [-0.15, -0.1) is 5.10 Å². The molecule has 2 saturated carbocycles. The van der Waals surface area contributed by atoms with E-state index in [4.69, 9.17) is 14.8 Å². The zero-order chi connectivity index (χ0) is 27.3. The van der Waals surface area contributed by atoms with Crippen molar-refractivity contribution in [2.75, 3.05) is 18.1 Å². The molecule has 39 heavy (non-hydrogen) atoms. The lowest BCUT2D eigenvalue weighted by atomic mass is 9.97. The van der Waals surface area contributed by atoms with Gasteiger partial charge in [0.05, 0.1) is 22.8 Å². The first-order valence-electron chi connectivity index (χ1n) is 14.1. The molecule has 9 nitrogen and oxygen atoms in total. The molecular weight excluding hydrogens is 510 g/mol. The molecule has 3 aliphatic rings. The highest BCUT2D eigenvalue weighted by atomic mass is 32.2. The fourth-order valence-electron chi connectivity index (χ4n) is 7.09. The number of carbonyl (C=O) groups is 1. The number of nitrogens with zero attached hydrogens (tertiary/aromatic N) is 6. The SMILES string of the molecule is Cc1nn(C)cc1SNC(=O)c1ccc(-n2ccc(OCC3C4CCC3CC4)n2)nc1N1CC(C)CC1(C)C. The molecule has 4 heterocycles. The van der Waals surface area contributed by atoms with Crippen LogP contribution in [0.2, 0.25) is 0 Å². The van der Waals surface area contributed by atoms with Gasteiger partial charge >= 0.3 is 0 Å². The van der Waals surface area contributed by atoms with E-state index in [-0.39, 0.29) is 11.4 Å². The molecule has 10 heteroatoms. The second-order valence-corrected chi connectivity index (χ2v) is 13.2. The average molecular weight is 550 g/mol. The summed E-state index contributed by atoms with van der Waals surface area (Å²) < 4.78 is 12.7. The number of aryl methyl sites for hydroxylation is 2. The van der Waals surface area contributed by atoms with Crippen molar-refractivity contribution in [2.45, 2.75) is 70.2 Å². The summed E-state index contributed by atoms with van der Waals surface area (Å²) in [6.45, 7) is 10.2. The topological polar surface area (TPSA) is 90.1 Å². The molecule has 1 atom stereocenters. The van der Waals surface area contributed by atoms with Crippen molar-refractivity contribution < 1.29 is 9.53 Å². The van der Waals surface area contributed by atoms with Gasteiger partial charge in [0.25, 0.3) is 5.91 Å². The van der Waals surface area contributed by atoms with Gasteiger partial charge in [-0.25, -0.2) is 9.67 Å². The highest BCUT2D eigenvalue weighted by molar-refractivity contribution is 7.98. The maximum absolute atomic E-state index is 13.5. The van der Waals surface area contributed by atoms with Crippen molar-refractivity contribution in [1.29, 1.82) is 0 Å². The van der Waals surface area contributed by atoms with Crippen molar-refractivity contribution >= 4 is 23.7 Å². The fourth-order valence-corrected chi connectivity index (χ4v) is 7.80. The second-order valence-electron chi connectivity index (χ2n) is 12.3. The van der Waals surface area contributed by atoms with Crippen LogP contribution in [0, 0.1) is 30.6 Å². The molecule has 6 rings (SSSR count). The summed E-state index contributed by atoms with van der Waals surface area (Å²) >= 11 is 1.28. The van der Waals surface area contributed by atoms with Crippen LogP contribution < -0.4 is 14.4 Å². The summed E-state index contributed by atoms with van der Waals surface area (Å²) in [4.78, 5) is 21.7. The summed E-state index contributed by atoms with van der Waals surface area (Å²) in [5.41, 5.74) is 1.31. The third kappa shape index (κ3) is 5.15. The van der Waals surface area contributed by atoms with E-state index in [1.54, 1.807) is 9.36 Å². The van der Waals surface area contributed by atoms with Crippen LogP contribution in [-0.2, 0) is 7.05 Å². The predicted molar refractivity (Wildman–Crippen MR) is 152 cm³/mol. The van der Waals surface area contributed by atoms with Crippen molar-refractivity contribution in [3.05, 3.63) is 41.9 Å². The van der Waals surface area contributed by atoms with Gasteiger partial charge in [-0.05, 0) is 101 Å². The average Bonchev–Trinajstić information content (AvgIpc) is 3.71. The van der Waals surface area contributed by atoms with Gasteiger partial charge in [0, 0.05) is 37.6 Å². The Morgan fingerprint density at radius 1 is 1.15 bits per heavy atom. The number of fused-ring (bicyclic) bond motifs is 2. The molecule has 1 aliphatic heterocycles. The molecule has 2 bridgehead atoms. The summed E-state index contributed by atoms with van der Waals surface area (Å²) in [7, 11) is 1.88. The van der Waals surface area contributed by atoms with Gasteiger partial charge in [-0.2, -0.15) is 5.10 Å². The number of pyridine rings is 1. The Morgan fingerprint density at radius 2 is 1.90 bits per heavy atom. The number of ether oxygens (including phenoxy) is 1. The van der Waals surface area contributed by atoms with Crippen LogP contribution >= 0.6 is 11.9 Å². The molecule has 3 fully saturated rings. The van der Waals surface area contributed by atoms with Crippen LogP contribution in [0.5, 0.6) is 5.88 Å². The van der Waals surface area contributed by atoms with Crippen molar-refractivity contribution in [3.63, 3.8) is 0 Å². The number of hydrogen-bond donors (Lipinski definition) is 1. The Bertz CT molecular complexity index is 1350. The molecule has 3 aromatic rings. The first kappa shape index (κ1) is 26.2. The number of carbonyl (C=O) groups excluding carboxylic acids is 1. The smallest absolute Gasteiger partial charge is 0.265 e. The van der Waals surface area contributed by atoms with E-state index in [0.717, 1.165) is 42.0 Å². The van der Waals surface area contributed by atoms with Crippen LogP contribution in [0.1, 0.15) is 68.9 Å². The molecule has 1 amide bonds.